The molecular formula is C15H22N2O3S. The van der Waals surface area contributed by atoms with E-state index >= 15 is 0 Å². The maximum atomic E-state index is 11.7. The highest BCUT2D eigenvalue weighted by Crippen LogP contribution is 2.24. The molecule has 1 aromatic rings. The van der Waals surface area contributed by atoms with Crippen molar-refractivity contribution in [3.05, 3.63) is 29.3 Å². The molecule has 3 N–H and O–H groups in total. The lowest BCUT2D eigenvalue weighted by molar-refractivity contribution is -0.136. The fraction of sp³-hybridized carbons (Fsp3) is 0.467. The number of thioether (sulfide) groups is 1. The van der Waals surface area contributed by atoms with Crippen LogP contribution in [0.4, 0.5) is 10.5 Å². The van der Waals surface area contributed by atoms with Crippen molar-refractivity contribution in [1.82, 2.24) is 5.32 Å². The monoisotopic (exact) mass is 310 g/mol. The molecule has 0 atom stereocenters. The molecule has 116 valence electrons. The summed E-state index contributed by atoms with van der Waals surface area (Å²) in [6, 6.07) is 5.43. The van der Waals surface area contributed by atoms with Crippen LogP contribution in [0.25, 0.3) is 0 Å². The van der Waals surface area contributed by atoms with Gasteiger partial charge in [-0.25, -0.2) is 4.79 Å². The van der Waals surface area contributed by atoms with Gasteiger partial charge in [-0.05, 0) is 29.4 Å². The summed E-state index contributed by atoms with van der Waals surface area (Å²) in [4.78, 5) is 22.1. The molecule has 6 heteroatoms. The molecule has 1 aromatic carbocycles. The normalized spacial score (nSPS) is 10.5. The molecule has 0 fully saturated rings. The average Bonchev–Trinajstić information content (AvgIpc) is 2.39. The smallest absolute Gasteiger partial charge is 0.319 e. The molecule has 0 spiro atoms. The molecule has 0 unspecified atom stereocenters. The van der Waals surface area contributed by atoms with Gasteiger partial charge in [0.1, 0.15) is 0 Å². The topological polar surface area (TPSA) is 78.4 Å². The van der Waals surface area contributed by atoms with Gasteiger partial charge < -0.3 is 15.7 Å². The van der Waals surface area contributed by atoms with Gasteiger partial charge in [0.2, 0.25) is 0 Å². The van der Waals surface area contributed by atoms with Gasteiger partial charge in [0.15, 0.2) is 0 Å². The first kappa shape index (κ1) is 17.4. The Morgan fingerprint density at radius 1 is 1.33 bits per heavy atom. The molecule has 0 saturated heterocycles. The number of carboxylic acid groups (broad SMARTS) is 1. The van der Waals surface area contributed by atoms with Crippen molar-refractivity contribution in [2.45, 2.75) is 38.2 Å². The van der Waals surface area contributed by atoms with Crippen LogP contribution in [0.5, 0.6) is 0 Å². The molecule has 0 aromatic heterocycles. The third kappa shape index (κ3) is 6.53. The molecule has 5 nitrogen and oxygen atoms in total. The maximum absolute atomic E-state index is 11.7. The highest BCUT2D eigenvalue weighted by Gasteiger charge is 2.08. The maximum Gasteiger partial charge on any atom is 0.319 e. The Morgan fingerprint density at radius 2 is 2.05 bits per heavy atom. The minimum atomic E-state index is -0.931. The van der Waals surface area contributed by atoms with E-state index in [1.54, 1.807) is 0 Å². The van der Waals surface area contributed by atoms with Gasteiger partial charge in [-0.1, -0.05) is 26.0 Å². The van der Waals surface area contributed by atoms with Crippen molar-refractivity contribution in [1.29, 1.82) is 0 Å². The van der Waals surface area contributed by atoms with Crippen molar-refractivity contribution in [2.24, 2.45) is 0 Å². The van der Waals surface area contributed by atoms with Gasteiger partial charge >= 0.3 is 12.0 Å². The van der Waals surface area contributed by atoms with E-state index in [0.29, 0.717) is 5.25 Å². The Morgan fingerprint density at radius 3 is 2.67 bits per heavy atom. The Bertz CT molecular complexity index is 504. The Balaban J connectivity index is 2.60. The summed E-state index contributed by atoms with van der Waals surface area (Å²) in [5.74, 6) is -0.0289. The summed E-state index contributed by atoms with van der Waals surface area (Å²) in [6.45, 7) is 6.39. The third-order valence-corrected chi connectivity index (χ3v) is 4.04. The number of aliphatic carboxylic acids is 1. The fourth-order valence-corrected chi connectivity index (χ4v) is 2.51. The van der Waals surface area contributed by atoms with E-state index in [0.717, 1.165) is 17.0 Å². The molecule has 0 bridgehead atoms. The van der Waals surface area contributed by atoms with Gasteiger partial charge in [0, 0.05) is 18.0 Å². The first-order valence-corrected chi connectivity index (χ1v) is 7.91. The second-order valence-corrected chi connectivity index (χ2v) is 6.54. The van der Waals surface area contributed by atoms with Crippen molar-refractivity contribution in [3.8, 4) is 0 Å². The lowest BCUT2D eigenvalue weighted by atomic mass is 10.1. The first-order valence-electron chi connectivity index (χ1n) is 6.87. The molecule has 0 radical (unpaired) electrons. The van der Waals surface area contributed by atoms with E-state index in [9.17, 15) is 9.59 Å². The highest BCUT2D eigenvalue weighted by molar-refractivity contribution is 7.99. The van der Waals surface area contributed by atoms with Crippen LogP contribution in [0.15, 0.2) is 18.2 Å². The second kappa shape index (κ2) is 8.56. The van der Waals surface area contributed by atoms with Crippen molar-refractivity contribution in [3.63, 3.8) is 0 Å². The average molecular weight is 310 g/mol. The summed E-state index contributed by atoms with van der Waals surface area (Å²) >= 11 is 1.85. The number of hydrogen-bond acceptors (Lipinski definition) is 3. The quantitative estimate of drug-likeness (QED) is 0.722. The number of anilines is 1. The minimum Gasteiger partial charge on any atom is -0.481 e. The number of benzene rings is 1. The van der Waals surface area contributed by atoms with Crippen molar-refractivity contribution < 1.29 is 14.7 Å². The van der Waals surface area contributed by atoms with Crippen LogP contribution in [0.3, 0.4) is 0 Å². The predicted octanol–water partition coefficient (Wildman–Crippen LogP) is 3.23. The summed E-state index contributed by atoms with van der Waals surface area (Å²) in [5, 5.41) is 14.4. The number of hydrogen-bond donors (Lipinski definition) is 3. The Hall–Kier alpha value is -1.69. The molecule has 0 aliphatic rings. The highest BCUT2D eigenvalue weighted by atomic mass is 32.2. The summed E-state index contributed by atoms with van der Waals surface area (Å²) in [7, 11) is 0. The van der Waals surface area contributed by atoms with Crippen LogP contribution in [-0.2, 0) is 10.5 Å². The van der Waals surface area contributed by atoms with Gasteiger partial charge in [-0.15, -0.1) is 0 Å². The number of amides is 2. The fourth-order valence-electron chi connectivity index (χ4n) is 1.68. The summed E-state index contributed by atoms with van der Waals surface area (Å²) < 4.78 is 0. The Labute approximate surface area is 129 Å². The van der Waals surface area contributed by atoms with Gasteiger partial charge in [0.25, 0.3) is 0 Å². The van der Waals surface area contributed by atoms with Crippen molar-refractivity contribution >= 4 is 29.4 Å². The largest absolute Gasteiger partial charge is 0.481 e. The molecule has 21 heavy (non-hydrogen) atoms. The van der Waals surface area contributed by atoms with Crippen LogP contribution < -0.4 is 10.6 Å². The second-order valence-electron chi connectivity index (χ2n) is 4.97. The van der Waals surface area contributed by atoms with Crippen LogP contribution >= 0.6 is 11.8 Å². The molecular weight excluding hydrogens is 288 g/mol. The van der Waals surface area contributed by atoms with E-state index in [1.807, 2.05) is 30.8 Å². The zero-order valence-electron chi connectivity index (χ0n) is 12.6. The summed E-state index contributed by atoms with van der Waals surface area (Å²) in [6.07, 6.45) is -0.0858. The Kier molecular flexibility index (Phi) is 7.08. The number of nitrogens with one attached hydrogen (secondary N) is 2. The molecule has 2 amide bonds. The SMILES string of the molecule is Cc1c(CSC(C)C)cccc1NC(=O)NCCC(=O)O. The lowest BCUT2D eigenvalue weighted by Crippen LogP contribution is -2.30. The van der Waals surface area contributed by atoms with E-state index in [1.165, 1.54) is 5.56 Å². The number of carbonyl (C=O) groups excluding carboxylic acids is 1. The van der Waals surface area contributed by atoms with Gasteiger partial charge in [0.05, 0.1) is 6.42 Å². The number of urea groups is 1. The standard InChI is InChI=1S/C15H22N2O3S/c1-10(2)21-9-12-5-4-6-13(11(12)3)17-15(20)16-8-7-14(18)19/h4-6,10H,7-9H2,1-3H3,(H,18,19)(H2,16,17,20). The van der Waals surface area contributed by atoms with Gasteiger partial charge in [-0.3, -0.25) is 4.79 Å². The molecule has 1 rings (SSSR count). The summed E-state index contributed by atoms with van der Waals surface area (Å²) in [5.41, 5.74) is 2.99. The van der Waals surface area contributed by atoms with Crippen molar-refractivity contribution in [2.75, 3.05) is 11.9 Å². The predicted molar refractivity (Wildman–Crippen MR) is 86.9 cm³/mol. The van der Waals surface area contributed by atoms with Crippen LogP contribution in [0, 0.1) is 6.92 Å². The zero-order valence-corrected chi connectivity index (χ0v) is 13.4. The molecule has 0 aliphatic heterocycles. The van der Waals surface area contributed by atoms with E-state index < -0.39 is 5.97 Å². The number of carbonyl (C=O) groups is 2. The first-order chi connectivity index (χ1) is 9.90. The number of rotatable bonds is 7. The minimum absolute atomic E-state index is 0.0858. The van der Waals surface area contributed by atoms with E-state index in [2.05, 4.69) is 30.5 Å². The molecule has 0 aliphatic carbocycles. The molecule has 0 heterocycles. The van der Waals surface area contributed by atoms with E-state index in [-0.39, 0.29) is 19.0 Å². The lowest BCUT2D eigenvalue weighted by Gasteiger charge is -2.13. The molecule has 0 saturated carbocycles. The van der Waals surface area contributed by atoms with E-state index in [4.69, 9.17) is 5.11 Å². The van der Waals surface area contributed by atoms with Gasteiger partial charge in [-0.2, -0.15) is 11.8 Å². The van der Waals surface area contributed by atoms with Crippen LogP contribution in [-0.4, -0.2) is 28.9 Å². The zero-order chi connectivity index (χ0) is 15.8. The number of carboxylic acids is 1. The third-order valence-electron chi connectivity index (χ3n) is 2.89. The van der Waals surface area contributed by atoms with Crippen LogP contribution in [0.2, 0.25) is 0 Å². The van der Waals surface area contributed by atoms with Crippen LogP contribution in [0.1, 0.15) is 31.4 Å².